The van der Waals surface area contributed by atoms with E-state index in [1.807, 2.05) is 6.07 Å². The second-order valence-corrected chi connectivity index (χ2v) is 6.33. The summed E-state index contributed by atoms with van der Waals surface area (Å²) in [6.45, 7) is -0.338. The predicted octanol–water partition coefficient (Wildman–Crippen LogP) is 3.34. The molecule has 2 heterocycles. The van der Waals surface area contributed by atoms with Crippen LogP contribution in [-0.4, -0.2) is 20.4 Å². The first-order valence-electron chi connectivity index (χ1n) is 8.04. The number of amides is 1. The highest BCUT2D eigenvalue weighted by atomic mass is 35.5. The lowest BCUT2D eigenvalue weighted by Crippen LogP contribution is -2.27. The van der Waals surface area contributed by atoms with Gasteiger partial charge in [-0.25, -0.2) is 4.98 Å². The van der Waals surface area contributed by atoms with Crippen LogP contribution in [0.5, 0.6) is 0 Å². The zero-order chi connectivity index (χ0) is 19.8. The summed E-state index contributed by atoms with van der Waals surface area (Å²) in [5, 5.41) is 14.1. The van der Waals surface area contributed by atoms with Gasteiger partial charge >= 0.3 is 0 Å². The molecule has 0 spiro atoms. The van der Waals surface area contributed by atoms with E-state index in [4.69, 9.17) is 16.0 Å². The van der Waals surface area contributed by atoms with E-state index in [-0.39, 0.29) is 28.5 Å². The maximum Gasteiger partial charge on any atom is 0.297 e. The van der Waals surface area contributed by atoms with Gasteiger partial charge in [-0.05, 0) is 24.3 Å². The highest BCUT2D eigenvalue weighted by Crippen LogP contribution is 2.27. The average Bonchev–Trinajstić information content (AvgIpc) is 3.05. The van der Waals surface area contributed by atoms with Crippen molar-refractivity contribution in [1.29, 1.82) is 0 Å². The van der Waals surface area contributed by atoms with E-state index in [1.54, 1.807) is 18.2 Å². The molecule has 2 aromatic heterocycles. The van der Waals surface area contributed by atoms with Gasteiger partial charge in [0.25, 0.3) is 11.2 Å². The normalized spacial score (nSPS) is 11.0. The van der Waals surface area contributed by atoms with Gasteiger partial charge in [0.2, 0.25) is 11.5 Å². The van der Waals surface area contributed by atoms with Crippen LogP contribution >= 0.6 is 11.6 Å². The SMILES string of the molecule is O=C(Cn1cnc2c(oc3ccccc32)c1=O)Nc1ccc(Cl)c([N+](=O)[O-])c1. The molecule has 1 amide bonds. The molecule has 0 saturated carbocycles. The molecule has 0 aliphatic heterocycles. The lowest BCUT2D eigenvalue weighted by Gasteiger charge is -2.07. The topological polar surface area (TPSA) is 120 Å². The fourth-order valence-corrected chi connectivity index (χ4v) is 3.00. The van der Waals surface area contributed by atoms with E-state index in [0.29, 0.717) is 16.5 Å². The van der Waals surface area contributed by atoms with Crippen molar-refractivity contribution < 1.29 is 14.1 Å². The van der Waals surface area contributed by atoms with Gasteiger partial charge in [-0.15, -0.1) is 0 Å². The molecular weight excluding hydrogens is 388 g/mol. The number of aromatic nitrogens is 2. The van der Waals surface area contributed by atoms with Gasteiger partial charge < -0.3 is 9.73 Å². The first kappa shape index (κ1) is 17.7. The molecule has 0 saturated heterocycles. The monoisotopic (exact) mass is 398 g/mol. The Morgan fingerprint density at radius 3 is 2.86 bits per heavy atom. The second-order valence-electron chi connectivity index (χ2n) is 5.93. The van der Waals surface area contributed by atoms with Crippen LogP contribution in [0, 0.1) is 10.1 Å². The quantitative estimate of drug-likeness (QED) is 0.415. The highest BCUT2D eigenvalue weighted by molar-refractivity contribution is 6.32. The Morgan fingerprint density at radius 2 is 2.07 bits per heavy atom. The molecule has 0 fully saturated rings. The number of nitrogens with zero attached hydrogens (tertiary/aromatic N) is 3. The number of fused-ring (bicyclic) bond motifs is 3. The van der Waals surface area contributed by atoms with E-state index in [2.05, 4.69) is 10.3 Å². The van der Waals surface area contributed by atoms with Crippen LogP contribution in [0.2, 0.25) is 5.02 Å². The van der Waals surface area contributed by atoms with Crippen LogP contribution in [0.15, 0.2) is 58.0 Å². The van der Waals surface area contributed by atoms with Crippen LogP contribution in [0.3, 0.4) is 0 Å². The van der Waals surface area contributed by atoms with E-state index in [1.165, 1.54) is 18.5 Å². The van der Waals surface area contributed by atoms with Crippen molar-refractivity contribution in [3.63, 3.8) is 0 Å². The third kappa shape index (κ3) is 3.08. The standard InChI is InChI=1S/C18H11ClN4O5/c19-12-6-5-10(7-13(12)23(26)27)21-15(24)8-22-9-20-16-11-3-1-2-4-14(11)28-17(16)18(22)25/h1-7,9H,8H2,(H,21,24). The van der Waals surface area contributed by atoms with Crippen LogP contribution in [0.1, 0.15) is 0 Å². The number of rotatable bonds is 4. The summed E-state index contributed by atoms with van der Waals surface area (Å²) in [6.07, 6.45) is 1.26. The summed E-state index contributed by atoms with van der Waals surface area (Å²) in [7, 11) is 0. The maximum atomic E-state index is 12.6. The van der Waals surface area contributed by atoms with Gasteiger partial charge in [0, 0.05) is 17.1 Å². The number of nitro benzene ring substituents is 1. The number of carbonyl (C=O) groups is 1. The third-order valence-corrected chi connectivity index (χ3v) is 4.41. The van der Waals surface area contributed by atoms with Gasteiger partial charge in [0.15, 0.2) is 0 Å². The number of hydrogen-bond donors (Lipinski definition) is 1. The molecule has 0 aliphatic rings. The summed E-state index contributed by atoms with van der Waals surface area (Å²) in [6, 6.07) is 11.0. The molecule has 0 bridgehead atoms. The Kier molecular flexibility index (Phi) is 4.28. The zero-order valence-electron chi connectivity index (χ0n) is 14.1. The molecule has 4 aromatic rings. The summed E-state index contributed by atoms with van der Waals surface area (Å²) in [5.41, 5.74) is 0.356. The predicted molar refractivity (Wildman–Crippen MR) is 103 cm³/mol. The van der Waals surface area contributed by atoms with Gasteiger partial charge in [-0.3, -0.25) is 24.3 Å². The second kappa shape index (κ2) is 6.78. The fraction of sp³-hybridized carbons (Fsp3) is 0.0556. The first-order chi connectivity index (χ1) is 13.4. The Morgan fingerprint density at radius 1 is 1.29 bits per heavy atom. The number of furan rings is 1. The van der Waals surface area contributed by atoms with Crippen molar-refractivity contribution in [2.24, 2.45) is 0 Å². The van der Waals surface area contributed by atoms with Gasteiger partial charge in [0.05, 0.1) is 11.3 Å². The molecule has 9 nitrogen and oxygen atoms in total. The number of para-hydroxylation sites is 1. The molecule has 2 aromatic carbocycles. The highest BCUT2D eigenvalue weighted by Gasteiger charge is 2.16. The molecular formula is C18H11ClN4O5. The first-order valence-corrected chi connectivity index (χ1v) is 8.42. The summed E-state index contributed by atoms with van der Waals surface area (Å²) in [4.78, 5) is 39.4. The third-order valence-electron chi connectivity index (χ3n) is 4.09. The van der Waals surface area contributed by atoms with Crippen molar-refractivity contribution in [2.45, 2.75) is 6.54 Å². The maximum absolute atomic E-state index is 12.6. The molecule has 0 aliphatic carbocycles. The van der Waals surface area contributed by atoms with Crippen molar-refractivity contribution in [3.05, 3.63) is 74.3 Å². The molecule has 0 radical (unpaired) electrons. The number of anilines is 1. The number of carbonyl (C=O) groups excluding carboxylic acids is 1. The molecule has 1 N–H and O–H groups in total. The lowest BCUT2D eigenvalue weighted by atomic mass is 10.2. The zero-order valence-corrected chi connectivity index (χ0v) is 14.8. The molecule has 0 atom stereocenters. The van der Waals surface area contributed by atoms with Gasteiger partial charge in [0.1, 0.15) is 22.7 Å². The number of benzene rings is 2. The van der Waals surface area contributed by atoms with Crippen LogP contribution < -0.4 is 10.9 Å². The summed E-state index contributed by atoms with van der Waals surface area (Å²) in [5.74, 6) is -0.559. The molecule has 10 heteroatoms. The van der Waals surface area contributed by atoms with E-state index in [9.17, 15) is 19.7 Å². The Bertz CT molecular complexity index is 1310. The Hall–Kier alpha value is -3.72. The van der Waals surface area contributed by atoms with Crippen molar-refractivity contribution >= 4 is 51.0 Å². The van der Waals surface area contributed by atoms with Gasteiger partial charge in [-0.2, -0.15) is 0 Å². The van der Waals surface area contributed by atoms with Crippen LogP contribution in [0.25, 0.3) is 22.1 Å². The smallest absolute Gasteiger partial charge is 0.297 e. The van der Waals surface area contributed by atoms with Crippen molar-refractivity contribution in [2.75, 3.05) is 5.32 Å². The average molecular weight is 399 g/mol. The van der Waals surface area contributed by atoms with Crippen LogP contribution in [0.4, 0.5) is 11.4 Å². The largest absolute Gasteiger partial charge is 0.448 e. The number of halogens is 1. The van der Waals surface area contributed by atoms with E-state index in [0.717, 1.165) is 10.6 Å². The minimum atomic E-state index is -0.651. The lowest BCUT2D eigenvalue weighted by molar-refractivity contribution is -0.384. The summed E-state index contributed by atoms with van der Waals surface area (Å²) < 4.78 is 6.66. The van der Waals surface area contributed by atoms with Crippen molar-refractivity contribution in [3.8, 4) is 0 Å². The molecule has 0 unspecified atom stereocenters. The fourth-order valence-electron chi connectivity index (χ4n) is 2.81. The number of nitrogens with one attached hydrogen (secondary N) is 1. The number of nitro groups is 1. The van der Waals surface area contributed by atoms with E-state index >= 15 is 0 Å². The van der Waals surface area contributed by atoms with Crippen LogP contribution in [-0.2, 0) is 11.3 Å². The minimum absolute atomic E-state index is 0.0428. The van der Waals surface area contributed by atoms with Gasteiger partial charge in [-0.1, -0.05) is 23.7 Å². The Balaban J connectivity index is 1.61. The van der Waals surface area contributed by atoms with Crippen molar-refractivity contribution in [1.82, 2.24) is 9.55 Å². The Labute approximate surface area is 161 Å². The van der Waals surface area contributed by atoms with E-state index < -0.39 is 16.4 Å². The number of hydrogen-bond acceptors (Lipinski definition) is 6. The molecule has 140 valence electrons. The minimum Gasteiger partial charge on any atom is -0.448 e. The molecule has 4 rings (SSSR count). The molecule has 28 heavy (non-hydrogen) atoms. The summed E-state index contributed by atoms with van der Waals surface area (Å²) >= 11 is 5.75.